The van der Waals surface area contributed by atoms with Gasteiger partial charge in [-0.05, 0) is 42.3 Å². The van der Waals surface area contributed by atoms with Crippen molar-refractivity contribution in [2.75, 3.05) is 0 Å². The highest BCUT2D eigenvalue weighted by Crippen LogP contribution is 2.19. The average molecular weight is 356 g/mol. The van der Waals surface area contributed by atoms with E-state index in [1.54, 1.807) is 6.21 Å². The number of aliphatic hydroxyl groups excluding tert-OH is 1. The molecule has 5 heteroatoms. The summed E-state index contributed by atoms with van der Waals surface area (Å²) in [6.45, 7) is 1.91. The van der Waals surface area contributed by atoms with Crippen LogP contribution in [-0.2, 0) is 0 Å². The van der Waals surface area contributed by atoms with Gasteiger partial charge in [0.05, 0.1) is 17.2 Å². The van der Waals surface area contributed by atoms with Crippen LogP contribution in [0.2, 0.25) is 0 Å². The summed E-state index contributed by atoms with van der Waals surface area (Å²) in [4.78, 5) is 4.50. The van der Waals surface area contributed by atoms with Crippen LogP contribution in [0.4, 0.5) is 0 Å². The van der Waals surface area contributed by atoms with Crippen molar-refractivity contribution in [1.82, 2.24) is 15.0 Å². The quantitative estimate of drug-likeness (QED) is 0.551. The van der Waals surface area contributed by atoms with Crippen molar-refractivity contribution in [3.05, 3.63) is 90.0 Å². The Hall–Kier alpha value is -3.31. The van der Waals surface area contributed by atoms with Gasteiger partial charge in [-0.1, -0.05) is 59.8 Å². The summed E-state index contributed by atoms with van der Waals surface area (Å²) < 4.78 is 1.82. The molecule has 2 atom stereocenters. The van der Waals surface area contributed by atoms with Crippen molar-refractivity contribution < 1.29 is 5.11 Å². The Morgan fingerprint density at radius 3 is 2.41 bits per heavy atom. The molecule has 1 aromatic heterocycles. The minimum atomic E-state index is -0.622. The second-order valence-electron chi connectivity index (χ2n) is 6.46. The van der Waals surface area contributed by atoms with E-state index >= 15 is 0 Å². The molecule has 0 aliphatic rings. The molecular formula is C22H20N4O. The number of hydrogen-bond donors (Lipinski definition) is 1. The maximum atomic E-state index is 10.4. The smallest absolute Gasteiger partial charge is 0.113 e. The van der Waals surface area contributed by atoms with Gasteiger partial charge in [0.15, 0.2) is 0 Å². The van der Waals surface area contributed by atoms with Crippen LogP contribution < -0.4 is 0 Å². The van der Waals surface area contributed by atoms with E-state index in [-0.39, 0.29) is 6.04 Å². The molecule has 27 heavy (non-hydrogen) atoms. The molecule has 0 spiro atoms. The first-order valence-corrected chi connectivity index (χ1v) is 8.89. The number of rotatable bonds is 5. The fourth-order valence-electron chi connectivity index (χ4n) is 2.98. The Morgan fingerprint density at radius 2 is 1.63 bits per heavy atom. The third-order valence-electron chi connectivity index (χ3n) is 4.55. The number of para-hydroxylation sites is 1. The second-order valence-corrected chi connectivity index (χ2v) is 6.46. The Kier molecular flexibility index (Phi) is 4.77. The highest BCUT2D eigenvalue weighted by Gasteiger charge is 2.14. The first-order chi connectivity index (χ1) is 13.2. The van der Waals surface area contributed by atoms with Crippen molar-refractivity contribution >= 4 is 17.2 Å². The topological polar surface area (TPSA) is 63.3 Å². The highest BCUT2D eigenvalue weighted by atomic mass is 16.3. The lowest BCUT2D eigenvalue weighted by Crippen LogP contribution is -2.12. The number of aromatic nitrogens is 3. The first kappa shape index (κ1) is 17.1. The van der Waals surface area contributed by atoms with Gasteiger partial charge >= 0.3 is 0 Å². The lowest BCUT2D eigenvalue weighted by atomic mass is 10.0. The van der Waals surface area contributed by atoms with E-state index < -0.39 is 6.10 Å². The van der Waals surface area contributed by atoms with Gasteiger partial charge in [0.25, 0.3) is 0 Å². The summed E-state index contributed by atoms with van der Waals surface area (Å²) in [5, 5.41) is 18.8. The second kappa shape index (κ2) is 7.51. The van der Waals surface area contributed by atoms with Crippen LogP contribution >= 0.6 is 0 Å². The molecule has 5 nitrogen and oxygen atoms in total. The summed E-state index contributed by atoms with van der Waals surface area (Å²) in [5.74, 6) is 0. The van der Waals surface area contributed by atoms with Crippen molar-refractivity contribution in [2.45, 2.75) is 19.1 Å². The normalized spacial score (nSPS) is 13.9. The molecule has 4 aromatic rings. The van der Waals surface area contributed by atoms with Crippen molar-refractivity contribution in [1.29, 1.82) is 0 Å². The minimum absolute atomic E-state index is 0.230. The first-order valence-electron chi connectivity index (χ1n) is 8.89. The molecule has 0 saturated carbocycles. The van der Waals surface area contributed by atoms with Crippen LogP contribution in [-0.4, -0.2) is 32.4 Å². The highest BCUT2D eigenvalue weighted by molar-refractivity contribution is 5.80. The summed E-state index contributed by atoms with van der Waals surface area (Å²) in [7, 11) is 0. The Labute approximate surface area is 157 Å². The van der Waals surface area contributed by atoms with Gasteiger partial charge < -0.3 is 5.11 Å². The van der Waals surface area contributed by atoms with Gasteiger partial charge in [-0.3, -0.25) is 4.99 Å². The van der Waals surface area contributed by atoms with E-state index in [0.29, 0.717) is 0 Å². The molecule has 0 bridgehead atoms. The monoisotopic (exact) mass is 356 g/mol. The molecule has 0 radical (unpaired) electrons. The maximum Gasteiger partial charge on any atom is 0.113 e. The number of nitrogens with zero attached hydrogens (tertiary/aromatic N) is 4. The van der Waals surface area contributed by atoms with Crippen LogP contribution in [0.5, 0.6) is 0 Å². The van der Waals surface area contributed by atoms with Gasteiger partial charge in [-0.15, -0.1) is 5.10 Å². The third-order valence-corrected chi connectivity index (χ3v) is 4.55. The number of benzene rings is 3. The van der Waals surface area contributed by atoms with Gasteiger partial charge in [0.2, 0.25) is 0 Å². The van der Waals surface area contributed by atoms with Crippen molar-refractivity contribution in [3.8, 4) is 5.69 Å². The maximum absolute atomic E-state index is 10.4. The molecule has 134 valence electrons. The fourth-order valence-corrected chi connectivity index (χ4v) is 2.98. The number of aliphatic hydroxyl groups is 1. The van der Waals surface area contributed by atoms with Crippen molar-refractivity contribution in [2.24, 2.45) is 4.99 Å². The number of hydrogen-bond acceptors (Lipinski definition) is 4. The lowest BCUT2D eigenvalue weighted by Gasteiger charge is -2.15. The predicted molar refractivity (Wildman–Crippen MR) is 107 cm³/mol. The van der Waals surface area contributed by atoms with Gasteiger partial charge in [-0.2, -0.15) is 0 Å². The van der Waals surface area contributed by atoms with Crippen LogP contribution in [0.25, 0.3) is 16.7 Å². The Morgan fingerprint density at radius 1 is 0.926 bits per heavy atom. The summed E-state index contributed by atoms with van der Waals surface area (Å²) in [5.41, 5.74) is 4.62. The number of fused-ring (bicyclic) bond motifs is 1. The molecule has 0 saturated heterocycles. The Bertz CT molecular complexity index is 1050. The molecule has 0 unspecified atom stereocenters. The predicted octanol–water partition coefficient (Wildman–Crippen LogP) is 3.96. The van der Waals surface area contributed by atoms with Gasteiger partial charge in [0, 0.05) is 6.21 Å². The summed E-state index contributed by atoms with van der Waals surface area (Å²) in [6.07, 6.45) is 1.17. The van der Waals surface area contributed by atoms with Crippen LogP contribution in [0.15, 0.2) is 83.9 Å². The fraction of sp³-hybridized carbons (Fsp3) is 0.136. The molecule has 1 N–H and O–H groups in total. The van der Waals surface area contributed by atoms with Gasteiger partial charge in [-0.25, -0.2) is 4.68 Å². The zero-order valence-electron chi connectivity index (χ0n) is 15.0. The molecule has 3 aromatic carbocycles. The summed E-state index contributed by atoms with van der Waals surface area (Å²) in [6, 6.07) is 25.2. The molecule has 0 fully saturated rings. The van der Waals surface area contributed by atoms with E-state index in [4.69, 9.17) is 0 Å². The zero-order chi connectivity index (χ0) is 18.6. The van der Waals surface area contributed by atoms with E-state index in [9.17, 15) is 5.11 Å². The SMILES string of the molecule is C[C@H](N=Cc1ccc(-n2nnc3ccccc32)cc1)[C@H](O)c1ccccc1. The average Bonchev–Trinajstić information content (AvgIpc) is 3.16. The molecule has 4 rings (SSSR count). The standard InChI is InChI=1S/C22H20N4O/c1-16(22(27)18-7-3-2-4-8-18)23-15-17-11-13-19(14-12-17)26-21-10-6-5-9-20(21)24-25-26/h2-16,22,27H,1H3/t16-,22-/m0/s1. The van der Waals surface area contributed by atoms with E-state index in [1.807, 2.05) is 90.5 Å². The van der Waals surface area contributed by atoms with E-state index in [1.165, 1.54) is 0 Å². The van der Waals surface area contributed by atoms with Crippen LogP contribution in [0.3, 0.4) is 0 Å². The molecule has 0 aliphatic heterocycles. The van der Waals surface area contributed by atoms with Crippen LogP contribution in [0.1, 0.15) is 24.2 Å². The van der Waals surface area contributed by atoms with Crippen molar-refractivity contribution in [3.63, 3.8) is 0 Å². The van der Waals surface area contributed by atoms with E-state index in [2.05, 4.69) is 15.3 Å². The number of aliphatic imine (C=N–C) groups is 1. The summed E-state index contributed by atoms with van der Waals surface area (Å²) >= 11 is 0. The molecular weight excluding hydrogens is 336 g/mol. The third kappa shape index (κ3) is 3.64. The molecule has 1 heterocycles. The van der Waals surface area contributed by atoms with E-state index in [0.717, 1.165) is 27.8 Å². The molecule has 0 amide bonds. The molecule has 0 aliphatic carbocycles. The van der Waals surface area contributed by atoms with Crippen LogP contribution in [0, 0.1) is 0 Å². The van der Waals surface area contributed by atoms with Gasteiger partial charge in [0.1, 0.15) is 11.6 Å². The minimum Gasteiger partial charge on any atom is -0.386 e. The lowest BCUT2D eigenvalue weighted by molar-refractivity contribution is 0.154. The largest absolute Gasteiger partial charge is 0.386 e. The Balaban J connectivity index is 1.50. The zero-order valence-corrected chi connectivity index (χ0v) is 15.0.